The molecule has 21 heavy (non-hydrogen) atoms. The summed E-state index contributed by atoms with van der Waals surface area (Å²) in [6.07, 6.45) is 5.08. The van der Waals surface area contributed by atoms with Gasteiger partial charge in [0.1, 0.15) is 23.8 Å². The minimum Gasteiger partial charge on any atom is -0.368 e. The van der Waals surface area contributed by atoms with Crippen molar-refractivity contribution in [2.24, 2.45) is 5.92 Å². The molecule has 7 heteroatoms. The summed E-state index contributed by atoms with van der Waals surface area (Å²) in [6.45, 7) is 6.81. The van der Waals surface area contributed by atoms with Crippen molar-refractivity contribution < 1.29 is 4.79 Å². The molecule has 112 valence electrons. The summed E-state index contributed by atoms with van der Waals surface area (Å²) in [7, 11) is 0. The van der Waals surface area contributed by atoms with Crippen molar-refractivity contribution in [2.75, 3.05) is 18.4 Å². The van der Waals surface area contributed by atoms with E-state index in [1.807, 2.05) is 37.6 Å². The summed E-state index contributed by atoms with van der Waals surface area (Å²) in [4.78, 5) is 24.0. The normalized spacial score (nSPS) is 10.7. The molecule has 0 saturated carbocycles. The second-order valence-electron chi connectivity index (χ2n) is 4.98. The minimum atomic E-state index is -0.000121. The predicted octanol–water partition coefficient (Wildman–Crippen LogP) is 1.15. The summed E-state index contributed by atoms with van der Waals surface area (Å²) in [5.74, 6) is 2.39. The number of hydrogen-bond donors (Lipinski definition) is 2. The third-order valence-corrected chi connectivity index (χ3v) is 2.98. The van der Waals surface area contributed by atoms with Gasteiger partial charge in [-0.25, -0.2) is 15.0 Å². The zero-order chi connectivity index (χ0) is 15.2. The van der Waals surface area contributed by atoms with Gasteiger partial charge < -0.3 is 10.6 Å². The van der Waals surface area contributed by atoms with E-state index >= 15 is 0 Å². The summed E-state index contributed by atoms with van der Waals surface area (Å²) in [5.41, 5.74) is 0. The molecule has 0 aromatic carbocycles. The number of nitrogens with one attached hydrogen (secondary N) is 2. The van der Waals surface area contributed by atoms with Crippen LogP contribution in [0.3, 0.4) is 0 Å². The average Bonchev–Trinajstić information content (AvgIpc) is 2.89. The maximum atomic E-state index is 11.4. The highest BCUT2D eigenvalue weighted by Crippen LogP contribution is 2.10. The lowest BCUT2D eigenvalue weighted by atomic mass is 10.2. The first-order chi connectivity index (χ1) is 10.1. The fraction of sp³-hybridized carbons (Fsp3) is 0.429. The van der Waals surface area contributed by atoms with E-state index in [-0.39, 0.29) is 11.8 Å². The Balaban J connectivity index is 1.90. The molecule has 2 heterocycles. The average molecular weight is 288 g/mol. The number of nitrogens with zero attached hydrogens (tertiary/aromatic N) is 4. The smallest absolute Gasteiger partial charge is 0.222 e. The number of amides is 1. The molecule has 0 saturated heterocycles. The van der Waals surface area contributed by atoms with E-state index in [0.717, 1.165) is 11.6 Å². The zero-order valence-corrected chi connectivity index (χ0v) is 12.5. The molecule has 1 amide bonds. The van der Waals surface area contributed by atoms with Gasteiger partial charge in [-0.15, -0.1) is 0 Å². The second kappa shape index (κ2) is 6.83. The van der Waals surface area contributed by atoms with Crippen LogP contribution in [-0.2, 0) is 4.79 Å². The van der Waals surface area contributed by atoms with Crippen LogP contribution in [0.5, 0.6) is 0 Å². The first-order valence-corrected chi connectivity index (χ1v) is 6.92. The number of anilines is 1. The summed E-state index contributed by atoms with van der Waals surface area (Å²) < 4.78 is 1.88. The van der Waals surface area contributed by atoms with E-state index in [9.17, 15) is 4.79 Å². The second-order valence-corrected chi connectivity index (χ2v) is 4.98. The van der Waals surface area contributed by atoms with Crippen LogP contribution >= 0.6 is 0 Å². The van der Waals surface area contributed by atoms with E-state index < -0.39 is 0 Å². The van der Waals surface area contributed by atoms with Gasteiger partial charge in [-0.2, -0.15) is 0 Å². The Bertz CT molecular complexity index is 607. The van der Waals surface area contributed by atoms with Gasteiger partial charge in [0.05, 0.1) is 0 Å². The van der Waals surface area contributed by atoms with Crippen molar-refractivity contribution in [3.05, 3.63) is 30.6 Å². The zero-order valence-electron chi connectivity index (χ0n) is 12.5. The standard InChI is InChI=1S/C14H20N6O/c1-10(2)14(21)17-5-4-16-12-8-13(19-9-18-12)20-7-6-15-11(20)3/h6-10H,4-5H2,1-3H3,(H,17,21)(H,16,18,19). The summed E-state index contributed by atoms with van der Waals surface area (Å²) >= 11 is 0. The predicted molar refractivity (Wildman–Crippen MR) is 80.2 cm³/mol. The maximum absolute atomic E-state index is 11.4. The molecule has 2 rings (SSSR count). The van der Waals surface area contributed by atoms with Crippen LogP contribution in [0.15, 0.2) is 24.8 Å². The molecule has 2 aromatic rings. The number of carbonyl (C=O) groups is 1. The van der Waals surface area contributed by atoms with E-state index in [1.54, 1.807) is 6.20 Å². The van der Waals surface area contributed by atoms with Crippen molar-refractivity contribution in [3.8, 4) is 5.82 Å². The van der Waals surface area contributed by atoms with Gasteiger partial charge >= 0.3 is 0 Å². The van der Waals surface area contributed by atoms with Gasteiger partial charge in [0.15, 0.2) is 0 Å². The van der Waals surface area contributed by atoms with Crippen LogP contribution in [0.2, 0.25) is 0 Å². The molecule has 0 aliphatic carbocycles. The fourth-order valence-corrected chi connectivity index (χ4v) is 1.78. The Hall–Kier alpha value is -2.44. The van der Waals surface area contributed by atoms with Crippen LogP contribution < -0.4 is 10.6 Å². The van der Waals surface area contributed by atoms with Crippen LogP contribution in [0.25, 0.3) is 5.82 Å². The number of aryl methyl sites for hydroxylation is 1. The lowest BCUT2D eigenvalue weighted by molar-refractivity contribution is -0.123. The van der Waals surface area contributed by atoms with E-state index in [0.29, 0.717) is 18.9 Å². The first-order valence-electron chi connectivity index (χ1n) is 6.92. The number of imidazole rings is 1. The van der Waals surface area contributed by atoms with Crippen LogP contribution in [-0.4, -0.2) is 38.5 Å². The van der Waals surface area contributed by atoms with Crippen LogP contribution in [0.1, 0.15) is 19.7 Å². The molecule has 0 aliphatic rings. The molecule has 2 aromatic heterocycles. The number of carbonyl (C=O) groups excluding carboxylic acids is 1. The monoisotopic (exact) mass is 288 g/mol. The van der Waals surface area contributed by atoms with Crippen molar-refractivity contribution >= 4 is 11.7 Å². The van der Waals surface area contributed by atoms with E-state index in [2.05, 4.69) is 25.6 Å². The minimum absolute atomic E-state index is 0.000121. The molecular formula is C14H20N6O. The van der Waals surface area contributed by atoms with Crippen molar-refractivity contribution in [1.29, 1.82) is 0 Å². The van der Waals surface area contributed by atoms with E-state index in [4.69, 9.17) is 0 Å². The topological polar surface area (TPSA) is 84.7 Å². The molecule has 0 aliphatic heterocycles. The number of hydrogen-bond acceptors (Lipinski definition) is 5. The SMILES string of the molecule is Cc1nccn1-c1cc(NCCNC(=O)C(C)C)ncn1. The molecule has 0 radical (unpaired) electrons. The first kappa shape index (κ1) is 15.0. The largest absolute Gasteiger partial charge is 0.368 e. The Labute approximate surface area is 123 Å². The quantitative estimate of drug-likeness (QED) is 0.779. The maximum Gasteiger partial charge on any atom is 0.222 e. The Morgan fingerprint density at radius 3 is 2.76 bits per heavy atom. The van der Waals surface area contributed by atoms with E-state index in [1.165, 1.54) is 6.33 Å². The van der Waals surface area contributed by atoms with Crippen molar-refractivity contribution in [2.45, 2.75) is 20.8 Å². The van der Waals surface area contributed by atoms with Gasteiger partial charge in [0, 0.05) is 37.5 Å². The van der Waals surface area contributed by atoms with Gasteiger partial charge in [-0.3, -0.25) is 9.36 Å². The number of rotatable bonds is 6. The third kappa shape index (κ3) is 4.01. The number of aromatic nitrogens is 4. The van der Waals surface area contributed by atoms with Gasteiger partial charge in [0.25, 0.3) is 0 Å². The molecule has 2 N–H and O–H groups in total. The van der Waals surface area contributed by atoms with Crippen LogP contribution in [0, 0.1) is 12.8 Å². The highest BCUT2D eigenvalue weighted by Gasteiger charge is 2.06. The molecule has 0 bridgehead atoms. The van der Waals surface area contributed by atoms with Crippen molar-refractivity contribution in [3.63, 3.8) is 0 Å². The molecule has 7 nitrogen and oxygen atoms in total. The third-order valence-electron chi connectivity index (χ3n) is 2.98. The lowest BCUT2D eigenvalue weighted by Crippen LogP contribution is -2.32. The van der Waals surface area contributed by atoms with Crippen LogP contribution in [0.4, 0.5) is 5.82 Å². The molecular weight excluding hydrogens is 268 g/mol. The fourth-order valence-electron chi connectivity index (χ4n) is 1.78. The van der Waals surface area contributed by atoms with Gasteiger partial charge in [0.2, 0.25) is 5.91 Å². The Kier molecular flexibility index (Phi) is 4.86. The summed E-state index contributed by atoms with van der Waals surface area (Å²) in [5, 5.41) is 6.00. The highest BCUT2D eigenvalue weighted by atomic mass is 16.1. The summed E-state index contributed by atoms with van der Waals surface area (Å²) in [6, 6.07) is 1.85. The Morgan fingerprint density at radius 1 is 1.29 bits per heavy atom. The van der Waals surface area contributed by atoms with Crippen molar-refractivity contribution in [1.82, 2.24) is 24.8 Å². The molecule has 0 unspecified atom stereocenters. The van der Waals surface area contributed by atoms with Gasteiger partial charge in [-0.1, -0.05) is 13.8 Å². The molecule has 0 fully saturated rings. The molecule has 0 atom stereocenters. The lowest BCUT2D eigenvalue weighted by Gasteiger charge is -2.10. The van der Waals surface area contributed by atoms with Gasteiger partial charge in [-0.05, 0) is 6.92 Å². The highest BCUT2D eigenvalue weighted by molar-refractivity contribution is 5.77. The Morgan fingerprint density at radius 2 is 2.10 bits per heavy atom. The molecule has 0 spiro atoms.